The summed E-state index contributed by atoms with van der Waals surface area (Å²) < 4.78 is 14.7. The highest BCUT2D eigenvalue weighted by Gasteiger charge is 2.10. The summed E-state index contributed by atoms with van der Waals surface area (Å²) in [5.74, 6) is -0.891. The molecule has 0 spiro atoms. The van der Waals surface area contributed by atoms with E-state index in [-0.39, 0.29) is 11.4 Å². The van der Waals surface area contributed by atoms with Crippen LogP contribution in [-0.4, -0.2) is 15.7 Å². The predicted molar refractivity (Wildman–Crippen MR) is 68.9 cm³/mol. The summed E-state index contributed by atoms with van der Waals surface area (Å²) in [7, 11) is 1.71. The first-order valence-electron chi connectivity index (χ1n) is 5.72. The van der Waals surface area contributed by atoms with Gasteiger partial charge in [0.15, 0.2) is 5.69 Å². The standard InChI is InChI=1S/C11H10FN3O.C2H6/c1-15-7-6-10(14-15)11(16)13-9-5-3-2-4-8(9)12;1-2/h2-7H,1H3,(H,13,16);1-2H3. The Bertz CT molecular complexity index is 522. The Morgan fingerprint density at radius 1 is 1.28 bits per heavy atom. The molecule has 0 aliphatic carbocycles. The minimum atomic E-state index is -0.466. The van der Waals surface area contributed by atoms with Gasteiger partial charge in [0.05, 0.1) is 5.69 Å². The van der Waals surface area contributed by atoms with Gasteiger partial charge in [-0.25, -0.2) is 4.39 Å². The van der Waals surface area contributed by atoms with Gasteiger partial charge in [0.25, 0.3) is 5.91 Å². The lowest BCUT2D eigenvalue weighted by molar-refractivity contribution is 0.102. The fourth-order valence-electron chi connectivity index (χ4n) is 1.29. The number of carbonyl (C=O) groups is 1. The molecule has 2 aromatic rings. The van der Waals surface area contributed by atoms with E-state index in [1.54, 1.807) is 31.4 Å². The first kappa shape index (κ1) is 13.9. The second-order valence-electron chi connectivity index (χ2n) is 3.31. The van der Waals surface area contributed by atoms with Crippen LogP contribution in [0.15, 0.2) is 36.5 Å². The highest BCUT2D eigenvalue weighted by atomic mass is 19.1. The zero-order chi connectivity index (χ0) is 13.5. The van der Waals surface area contributed by atoms with E-state index in [2.05, 4.69) is 10.4 Å². The molecule has 0 saturated carbocycles. The number of anilines is 1. The van der Waals surface area contributed by atoms with Gasteiger partial charge in [-0.3, -0.25) is 9.48 Å². The van der Waals surface area contributed by atoms with E-state index in [9.17, 15) is 9.18 Å². The van der Waals surface area contributed by atoms with Crippen molar-refractivity contribution in [3.8, 4) is 0 Å². The van der Waals surface area contributed by atoms with Crippen molar-refractivity contribution in [2.75, 3.05) is 5.32 Å². The number of nitrogens with one attached hydrogen (secondary N) is 1. The van der Waals surface area contributed by atoms with Crippen LogP contribution in [0.25, 0.3) is 0 Å². The van der Waals surface area contributed by atoms with Gasteiger partial charge in [0, 0.05) is 13.2 Å². The number of hydrogen-bond donors (Lipinski definition) is 1. The number of hydrogen-bond acceptors (Lipinski definition) is 2. The van der Waals surface area contributed by atoms with Crippen molar-refractivity contribution in [1.29, 1.82) is 0 Å². The first-order chi connectivity index (χ1) is 8.66. The van der Waals surface area contributed by atoms with Crippen molar-refractivity contribution in [3.05, 3.63) is 48.0 Å². The number of aryl methyl sites for hydroxylation is 1. The monoisotopic (exact) mass is 249 g/mol. The van der Waals surface area contributed by atoms with Crippen LogP contribution >= 0.6 is 0 Å². The van der Waals surface area contributed by atoms with Crippen molar-refractivity contribution >= 4 is 11.6 Å². The summed E-state index contributed by atoms with van der Waals surface area (Å²) >= 11 is 0. The zero-order valence-electron chi connectivity index (χ0n) is 10.6. The highest BCUT2D eigenvalue weighted by molar-refractivity contribution is 6.02. The molecule has 0 radical (unpaired) electrons. The topological polar surface area (TPSA) is 46.9 Å². The number of halogens is 1. The predicted octanol–water partition coefficient (Wildman–Crippen LogP) is 2.84. The first-order valence-corrected chi connectivity index (χ1v) is 5.72. The largest absolute Gasteiger partial charge is 0.318 e. The molecule has 0 saturated heterocycles. The van der Waals surface area contributed by atoms with Crippen molar-refractivity contribution in [2.24, 2.45) is 7.05 Å². The Morgan fingerprint density at radius 3 is 2.50 bits per heavy atom. The van der Waals surface area contributed by atoms with Gasteiger partial charge in [0.1, 0.15) is 5.82 Å². The molecule has 0 aliphatic rings. The quantitative estimate of drug-likeness (QED) is 0.889. The second kappa shape index (κ2) is 6.54. The maximum atomic E-state index is 13.2. The zero-order valence-corrected chi connectivity index (χ0v) is 10.6. The van der Waals surface area contributed by atoms with Crippen molar-refractivity contribution in [3.63, 3.8) is 0 Å². The van der Waals surface area contributed by atoms with Crippen LogP contribution in [0.2, 0.25) is 0 Å². The number of carbonyl (C=O) groups excluding carboxylic acids is 1. The molecule has 18 heavy (non-hydrogen) atoms. The van der Waals surface area contributed by atoms with Gasteiger partial charge in [-0.05, 0) is 18.2 Å². The van der Waals surface area contributed by atoms with Gasteiger partial charge >= 0.3 is 0 Å². The van der Waals surface area contributed by atoms with Crippen molar-refractivity contribution in [2.45, 2.75) is 13.8 Å². The number of benzene rings is 1. The molecule has 1 amide bonds. The van der Waals surface area contributed by atoms with E-state index >= 15 is 0 Å². The summed E-state index contributed by atoms with van der Waals surface area (Å²) in [4.78, 5) is 11.6. The summed E-state index contributed by atoms with van der Waals surface area (Å²) in [6.45, 7) is 4.00. The Morgan fingerprint density at radius 2 is 1.94 bits per heavy atom. The second-order valence-corrected chi connectivity index (χ2v) is 3.31. The molecule has 0 unspecified atom stereocenters. The lowest BCUT2D eigenvalue weighted by atomic mass is 10.3. The average Bonchev–Trinajstić information content (AvgIpc) is 2.81. The summed E-state index contributed by atoms with van der Waals surface area (Å²) in [6, 6.07) is 7.56. The summed E-state index contributed by atoms with van der Waals surface area (Å²) in [5.41, 5.74) is 0.406. The van der Waals surface area contributed by atoms with Gasteiger partial charge < -0.3 is 5.32 Å². The molecule has 0 aliphatic heterocycles. The SMILES string of the molecule is CC.Cn1ccc(C(=O)Nc2ccccc2F)n1. The Kier molecular flexibility index (Phi) is 5.05. The molecule has 96 valence electrons. The molecule has 0 atom stereocenters. The fraction of sp³-hybridized carbons (Fsp3) is 0.231. The van der Waals surface area contributed by atoms with Crippen molar-refractivity contribution in [1.82, 2.24) is 9.78 Å². The Labute approximate surface area is 105 Å². The van der Waals surface area contributed by atoms with Crippen molar-refractivity contribution < 1.29 is 9.18 Å². The lowest BCUT2D eigenvalue weighted by Crippen LogP contribution is -2.13. The lowest BCUT2D eigenvalue weighted by Gasteiger charge is -2.03. The van der Waals surface area contributed by atoms with E-state index in [1.165, 1.54) is 16.8 Å². The molecule has 4 nitrogen and oxygen atoms in total. The van der Waals surface area contributed by atoms with E-state index in [0.29, 0.717) is 0 Å². The van der Waals surface area contributed by atoms with Crippen LogP contribution in [0.4, 0.5) is 10.1 Å². The van der Waals surface area contributed by atoms with E-state index in [1.807, 2.05) is 13.8 Å². The normalized spacial score (nSPS) is 9.33. The van der Waals surface area contributed by atoms with Gasteiger partial charge in [-0.1, -0.05) is 26.0 Å². The maximum Gasteiger partial charge on any atom is 0.276 e. The number of para-hydroxylation sites is 1. The third-order valence-corrected chi connectivity index (χ3v) is 2.07. The van der Waals surface area contributed by atoms with Crippen LogP contribution in [0.3, 0.4) is 0 Å². The third kappa shape index (κ3) is 3.41. The Hall–Kier alpha value is -2.17. The molecule has 1 aromatic heterocycles. The number of rotatable bonds is 2. The average molecular weight is 249 g/mol. The number of aromatic nitrogens is 2. The van der Waals surface area contributed by atoms with Crippen LogP contribution < -0.4 is 5.32 Å². The number of nitrogens with zero attached hydrogens (tertiary/aromatic N) is 2. The Balaban J connectivity index is 0.000000771. The van der Waals surface area contributed by atoms with Gasteiger partial charge in [0.2, 0.25) is 0 Å². The molecular formula is C13H16FN3O. The van der Waals surface area contributed by atoms with Gasteiger partial charge in [-0.15, -0.1) is 0 Å². The summed E-state index contributed by atoms with van der Waals surface area (Å²) in [6.07, 6.45) is 1.65. The van der Waals surface area contributed by atoms with Crippen LogP contribution in [-0.2, 0) is 7.05 Å². The minimum absolute atomic E-state index is 0.151. The minimum Gasteiger partial charge on any atom is -0.318 e. The molecule has 0 bridgehead atoms. The van der Waals surface area contributed by atoms with E-state index in [4.69, 9.17) is 0 Å². The number of amides is 1. The summed E-state index contributed by atoms with van der Waals surface area (Å²) in [5, 5.41) is 6.37. The molecular weight excluding hydrogens is 233 g/mol. The molecule has 2 rings (SSSR count). The maximum absolute atomic E-state index is 13.2. The smallest absolute Gasteiger partial charge is 0.276 e. The van der Waals surface area contributed by atoms with E-state index < -0.39 is 11.7 Å². The van der Waals surface area contributed by atoms with Gasteiger partial charge in [-0.2, -0.15) is 5.10 Å². The van der Waals surface area contributed by atoms with E-state index in [0.717, 1.165) is 0 Å². The van der Waals surface area contributed by atoms with Crippen LogP contribution in [0.5, 0.6) is 0 Å². The third-order valence-electron chi connectivity index (χ3n) is 2.07. The van der Waals surface area contributed by atoms with Crippen LogP contribution in [0.1, 0.15) is 24.3 Å². The fourth-order valence-corrected chi connectivity index (χ4v) is 1.29. The highest BCUT2D eigenvalue weighted by Crippen LogP contribution is 2.13. The molecule has 0 fully saturated rings. The molecule has 5 heteroatoms. The van der Waals surface area contributed by atoms with Crippen LogP contribution in [0, 0.1) is 5.82 Å². The molecule has 1 heterocycles. The molecule has 1 aromatic carbocycles. The molecule has 1 N–H and O–H groups in total.